The first-order valence-corrected chi connectivity index (χ1v) is 13.7. The van der Waals surface area contributed by atoms with E-state index in [0.29, 0.717) is 9.69 Å². The van der Waals surface area contributed by atoms with Crippen LogP contribution in [0.1, 0.15) is 29.9 Å². The maximum Gasteiger partial charge on any atom is 1.00 e. The Morgan fingerprint density at radius 2 is 1.62 bits per heavy atom. The first kappa shape index (κ1) is 38.7. The number of ether oxygens (including phenoxy) is 2. The van der Waals surface area contributed by atoms with E-state index in [1.807, 2.05) is 0 Å². The van der Waals surface area contributed by atoms with Crippen LogP contribution >= 0.6 is 0 Å². The fourth-order valence-corrected chi connectivity index (χ4v) is 3.67. The molecule has 20 heteroatoms. The number of nitrogens with zero attached hydrogens (tertiary/aromatic N) is 4. The summed E-state index contributed by atoms with van der Waals surface area (Å²) in [7, 11) is -9.14. The molecule has 1 amide bonds. The van der Waals surface area contributed by atoms with Crippen LogP contribution in [-0.4, -0.2) is 95.6 Å². The standard InChI is InChI=1S/C19H24N4O12S2.2K/c1-3-34-18(26)14-12(16(24)22(20-14)8-10-36(28,29)30)6-5-7-13-15(19(27)35-4-2)21-23(17(13)25)9-11-37(31,32)33;;/h5-7,24H,3-4,8-11H2,1-2H3,(H,28,29,30)(H,31,32,33);;/q;2*+1/p-2. The Morgan fingerprint density at radius 3 is 2.15 bits per heavy atom. The van der Waals surface area contributed by atoms with Gasteiger partial charge in [0.2, 0.25) is 0 Å². The summed E-state index contributed by atoms with van der Waals surface area (Å²) >= 11 is 0. The van der Waals surface area contributed by atoms with Crippen LogP contribution in [-0.2, 0) is 45.8 Å². The molecule has 1 aromatic heterocycles. The summed E-state index contributed by atoms with van der Waals surface area (Å²) < 4.78 is 74.0. The molecule has 0 aromatic carbocycles. The molecule has 0 radical (unpaired) electrons. The summed E-state index contributed by atoms with van der Waals surface area (Å²) in [5, 5.41) is 20.7. The molecule has 0 saturated carbocycles. The third-order valence-corrected chi connectivity index (χ3v) is 5.84. The van der Waals surface area contributed by atoms with Crippen LogP contribution in [0.25, 0.3) is 6.08 Å². The Hall–Kier alpha value is -0.337. The Morgan fingerprint density at radius 1 is 1.03 bits per heavy atom. The summed E-state index contributed by atoms with van der Waals surface area (Å²) in [6, 6.07) is 0. The number of esters is 2. The van der Waals surface area contributed by atoms with Crippen LogP contribution in [0.5, 0.6) is 5.88 Å². The summed E-state index contributed by atoms with van der Waals surface area (Å²) in [6.45, 7) is 1.64. The summed E-state index contributed by atoms with van der Waals surface area (Å²) in [5.74, 6) is -5.70. The van der Waals surface area contributed by atoms with E-state index >= 15 is 0 Å². The van der Waals surface area contributed by atoms with Gasteiger partial charge >= 0.3 is 115 Å². The van der Waals surface area contributed by atoms with Crippen LogP contribution in [0.3, 0.4) is 0 Å². The second-order valence-corrected chi connectivity index (χ2v) is 10.2. The average molecular weight is 641 g/mol. The smallest absolute Gasteiger partial charge is 0.858 e. The SMILES string of the molecule is CCOC(=O)C1=NN(CCS(=O)(=O)[O-])C(=O)C1=CC=Cc1c(C(=O)OCC)nn(CCS(=O)(=O)O)c1[O-].[K+].[K+]. The van der Waals surface area contributed by atoms with E-state index in [4.69, 9.17) is 14.0 Å². The maximum atomic E-state index is 12.7. The van der Waals surface area contributed by atoms with Gasteiger partial charge < -0.3 is 19.1 Å². The van der Waals surface area contributed by atoms with E-state index in [9.17, 15) is 40.9 Å². The molecule has 39 heavy (non-hydrogen) atoms. The Balaban J connectivity index is 0.00000722. The maximum absolute atomic E-state index is 12.7. The van der Waals surface area contributed by atoms with Crippen LogP contribution in [0.15, 0.2) is 22.8 Å². The molecule has 1 aromatic rings. The van der Waals surface area contributed by atoms with Gasteiger partial charge in [-0.25, -0.2) is 23.0 Å². The minimum Gasteiger partial charge on any atom is -0.858 e. The van der Waals surface area contributed by atoms with E-state index in [1.165, 1.54) is 13.8 Å². The fraction of sp³-hybridized carbons (Fsp3) is 0.421. The number of rotatable bonds is 12. The molecule has 1 aliphatic heterocycles. The molecule has 204 valence electrons. The normalized spacial score (nSPS) is 14.7. The fourth-order valence-electron chi connectivity index (χ4n) is 2.87. The predicted octanol–water partition coefficient (Wildman–Crippen LogP) is -7.72. The van der Waals surface area contributed by atoms with E-state index in [0.717, 1.165) is 18.2 Å². The second-order valence-electron chi connectivity index (χ2n) is 7.10. The molecule has 0 atom stereocenters. The Kier molecular flexibility index (Phi) is 16.8. The molecular weight excluding hydrogens is 619 g/mol. The van der Waals surface area contributed by atoms with Crippen molar-refractivity contribution in [3.63, 3.8) is 0 Å². The number of amides is 1. The van der Waals surface area contributed by atoms with Crippen molar-refractivity contribution in [1.29, 1.82) is 0 Å². The van der Waals surface area contributed by atoms with Gasteiger partial charge in [0.1, 0.15) is 0 Å². The van der Waals surface area contributed by atoms with Gasteiger partial charge in [-0.15, -0.1) is 0 Å². The van der Waals surface area contributed by atoms with Crippen molar-refractivity contribution in [2.24, 2.45) is 5.10 Å². The van der Waals surface area contributed by atoms with Crippen molar-refractivity contribution < 1.29 is 158 Å². The second kappa shape index (κ2) is 16.9. The molecule has 1 aliphatic rings. The van der Waals surface area contributed by atoms with Crippen molar-refractivity contribution in [1.82, 2.24) is 14.8 Å². The minimum absolute atomic E-state index is 0. The summed E-state index contributed by atoms with van der Waals surface area (Å²) in [4.78, 5) is 37.1. The molecular formula is C19H22K2N4O12S2. The van der Waals surface area contributed by atoms with Crippen molar-refractivity contribution in [3.8, 4) is 5.88 Å². The Labute approximate surface area is 309 Å². The molecule has 0 fully saturated rings. The van der Waals surface area contributed by atoms with Crippen LogP contribution in [0.2, 0.25) is 0 Å². The number of carbonyl (C=O) groups is 3. The van der Waals surface area contributed by atoms with E-state index in [2.05, 4.69) is 10.2 Å². The zero-order valence-electron chi connectivity index (χ0n) is 21.5. The third kappa shape index (κ3) is 11.8. The van der Waals surface area contributed by atoms with Gasteiger partial charge in [-0.2, -0.15) is 18.6 Å². The van der Waals surface area contributed by atoms with Crippen molar-refractivity contribution in [3.05, 3.63) is 29.0 Å². The van der Waals surface area contributed by atoms with Gasteiger partial charge in [0.05, 0.1) is 53.5 Å². The molecule has 1 N–H and O–H groups in total. The average Bonchev–Trinajstić information content (AvgIpc) is 3.27. The van der Waals surface area contributed by atoms with Crippen LogP contribution in [0, 0.1) is 0 Å². The van der Waals surface area contributed by atoms with Gasteiger partial charge in [0, 0.05) is 5.56 Å². The molecule has 0 bridgehead atoms. The van der Waals surface area contributed by atoms with E-state index in [1.54, 1.807) is 0 Å². The van der Waals surface area contributed by atoms with Gasteiger partial charge in [0.15, 0.2) is 11.4 Å². The number of hydrazone groups is 1. The van der Waals surface area contributed by atoms with Gasteiger partial charge in [-0.05, 0) is 25.8 Å². The van der Waals surface area contributed by atoms with Crippen LogP contribution in [0.4, 0.5) is 0 Å². The summed E-state index contributed by atoms with van der Waals surface area (Å²) in [6.07, 6.45) is 3.16. The predicted molar refractivity (Wildman–Crippen MR) is 122 cm³/mol. The number of allylic oxidation sites excluding steroid dienone is 2. The molecule has 2 rings (SSSR count). The van der Waals surface area contributed by atoms with Gasteiger partial charge in [-0.3, -0.25) is 14.0 Å². The van der Waals surface area contributed by atoms with E-state index in [-0.39, 0.29) is 127 Å². The monoisotopic (exact) mass is 640 g/mol. The Bertz CT molecular complexity index is 1380. The number of aromatic nitrogens is 2. The van der Waals surface area contributed by atoms with Gasteiger partial charge in [0.25, 0.3) is 16.0 Å². The van der Waals surface area contributed by atoms with Gasteiger partial charge in [-0.1, -0.05) is 12.2 Å². The van der Waals surface area contributed by atoms with E-state index < -0.39 is 80.0 Å². The minimum atomic E-state index is -4.69. The quantitative estimate of drug-likeness (QED) is 0.0968. The molecule has 0 unspecified atom stereocenters. The van der Waals surface area contributed by atoms with Crippen molar-refractivity contribution in [2.45, 2.75) is 20.4 Å². The first-order chi connectivity index (χ1) is 17.2. The topological polar surface area (TPSA) is 238 Å². The first-order valence-electron chi connectivity index (χ1n) is 10.5. The number of carbonyl (C=O) groups excluding carboxylic acids is 3. The van der Waals surface area contributed by atoms with Crippen molar-refractivity contribution in [2.75, 3.05) is 31.3 Å². The zero-order valence-corrected chi connectivity index (χ0v) is 29.4. The third-order valence-electron chi connectivity index (χ3n) is 4.46. The van der Waals surface area contributed by atoms with Crippen LogP contribution < -0.4 is 108 Å². The zero-order chi connectivity index (χ0) is 28.0. The molecule has 0 aliphatic carbocycles. The number of hydrogen-bond donors (Lipinski definition) is 1. The molecule has 0 spiro atoms. The van der Waals surface area contributed by atoms with Crippen molar-refractivity contribution >= 4 is 49.9 Å². The molecule has 2 heterocycles. The largest absolute Gasteiger partial charge is 1.00 e. The molecule has 16 nitrogen and oxygen atoms in total. The molecule has 0 saturated heterocycles. The number of aryl methyl sites for hydroxylation is 1. The number of hydrogen-bond acceptors (Lipinski definition) is 13. The summed E-state index contributed by atoms with van der Waals surface area (Å²) in [5.41, 5.74) is -1.67.